The molecule has 0 aliphatic carbocycles. The molecule has 0 spiro atoms. The van der Waals surface area contributed by atoms with Gasteiger partial charge in [-0.3, -0.25) is 4.90 Å². The Hall–Kier alpha value is -1.10. The molecule has 3 N–H and O–H groups in total. The van der Waals surface area contributed by atoms with Crippen LogP contribution in [-0.4, -0.2) is 48.9 Å². The molecule has 0 heterocycles. The number of benzene rings is 1. The van der Waals surface area contributed by atoms with Crippen molar-refractivity contribution in [3.05, 3.63) is 29.8 Å². The predicted octanol–water partition coefficient (Wildman–Crippen LogP) is 2.05. The molecule has 4 heteroatoms. The van der Waals surface area contributed by atoms with Gasteiger partial charge in [-0.05, 0) is 43.5 Å². The molecule has 4 nitrogen and oxygen atoms in total. The van der Waals surface area contributed by atoms with E-state index in [2.05, 4.69) is 30.9 Å². The Morgan fingerprint density at radius 3 is 2.33 bits per heavy atom. The van der Waals surface area contributed by atoms with E-state index in [0.717, 1.165) is 31.6 Å². The summed E-state index contributed by atoms with van der Waals surface area (Å²) in [5, 5.41) is 9.18. The molecule has 0 fully saturated rings. The van der Waals surface area contributed by atoms with E-state index in [1.165, 1.54) is 5.56 Å². The Morgan fingerprint density at radius 2 is 1.81 bits per heavy atom. The van der Waals surface area contributed by atoms with Gasteiger partial charge < -0.3 is 15.6 Å². The van der Waals surface area contributed by atoms with Crippen molar-refractivity contribution in [2.45, 2.75) is 39.2 Å². The highest BCUT2D eigenvalue weighted by molar-refractivity contribution is 5.27. The van der Waals surface area contributed by atoms with Gasteiger partial charge in [0, 0.05) is 19.1 Å². The van der Waals surface area contributed by atoms with Crippen LogP contribution >= 0.6 is 0 Å². The van der Waals surface area contributed by atoms with Gasteiger partial charge in [0.05, 0.1) is 6.61 Å². The highest BCUT2D eigenvalue weighted by Crippen LogP contribution is 2.13. The fraction of sp³-hybridized carbons (Fsp3) is 0.647. The minimum Gasteiger partial charge on any atom is -0.492 e. The standard InChI is InChI=1S/C17H30N2O2/c1-3-16(4-2)19(11-13-20)12-14-21-17-7-5-15(6-8-17)9-10-18/h5-8,16,20H,3-4,9-14,18H2,1-2H3. The molecular weight excluding hydrogens is 264 g/mol. The van der Waals surface area contributed by atoms with Crippen LogP contribution in [0.15, 0.2) is 24.3 Å². The minimum atomic E-state index is 0.199. The molecule has 0 aliphatic heterocycles. The third kappa shape index (κ3) is 6.46. The zero-order valence-electron chi connectivity index (χ0n) is 13.4. The number of rotatable bonds is 11. The lowest BCUT2D eigenvalue weighted by Gasteiger charge is -2.29. The highest BCUT2D eigenvalue weighted by Gasteiger charge is 2.14. The van der Waals surface area contributed by atoms with E-state index in [1.54, 1.807) is 0 Å². The van der Waals surface area contributed by atoms with Crippen LogP contribution in [0.2, 0.25) is 0 Å². The summed E-state index contributed by atoms with van der Waals surface area (Å²) < 4.78 is 5.80. The minimum absolute atomic E-state index is 0.199. The third-order valence-corrected chi connectivity index (χ3v) is 3.85. The molecule has 1 rings (SSSR count). The van der Waals surface area contributed by atoms with Crippen molar-refractivity contribution in [2.75, 3.05) is 32.8 Å². The van der Waals surface area contributed by atoms with Crippen LogP contribution in [0.3, 0.4) is 0 Å². The smallest absolute Gasteiger partial charge is 0.119 e. The van der Waals surface area contributed by atoms with Crippen molar-refractivity contribution in [2.24, 2.45) is 5.73 Å². The van der Waals surface area contributed by atoms with Gasteiger partial charge in [0.2, 0.25) is 0 Å². The van der Waals surface area contributed by atoms with Crippen LogP contribution in [-0.2, 0) is 6.42 Å². The largest absolute Gasteiger partial charge is 0.492 e. The summed E-state index contributed by atoms with van der Waals surface area (Å²) >= 11 is 0. The average Bonchev–Trinajstić information content (AvgIpc) is 2.50. The summed E-state index contributed by atoms with van der Waals surface area (Å²) in [4.78, 5) is 2.31. The van der Waals surface area contributed by atoms with Gasteiger partial charge in [0.15, 0.2) is 0 Å². The van der Waals surface area contributed by atoms with E-state index in [0.29, 0.717) is 25.7 Å². The van der Waals surface area contributed by atoms with Gasteiger partial charge in [0.1, 0.15) is 12.4 Å². The molecule has 21 heavy (non-hydrogen) atoms. The number of hydrogen-bond acceptors (Lipinski definition) is 4. The molecule has 0 bridgehead atoms. The van der Waals surface area contributed by atoms with Crippen LogP contribution in [0.25, 0.3) is 0 Å². The van der Waals surface area contributed by atoms with Crippen LogP contribution < -0.4 is 10.5 Å². The topological polar surface area (TPSA) is 58.7 Å². The number of nitrogens with two attached hydrogens (primary N) is 1. The van der Waals surface area contributed by atoms with E-state index in [4.69, 9.17) is 10.5 Å². The zero-order chi connectivity index (χ0) is 15.5. The molecule has 0 unspecified atom stereocenters. The molecule has 0 aromatic heterocycles. The summed E-state index contributed by atoms with van der Waals surface area (Å²) in [7, 11) is 0. The maximum absolute atomic E-state index is 9.18. The van der Waals surface area contributed by atoms with Gasteiger partial charge in [-0.15, -0.1) is 0 Å². The first-order valence-corrected chi connectivity index (χ1v) is 8.01. The van der Waals surface area contributed by atoms with Crippen LogP contribution in [0, 0.1) is 0 Å². The number of hydrogen-bond donors (Lipinski definition) is 2. The van der Waals surface area contributed by atoms with Crippen LogP contribution in [0.5, 0.6) is 5.75 Å². The molecule has 0 radical (unpaired) electrons. The second-order valence-corrected chi connectivity index (χ2v) is 5.26. The zero-order valence-corrected chi connectivity index (χ0v) is 13.4. The number of aliphatic hydroxyl groups is 1. The molecule has 0 saturated heterocycles. The average molecular weight is 294 g/mol. The molecule has 0 aliphatic rings. The Morgan fingerprint density at radius 1 is 1.14 bits per heavy atom. The molecular formula is C17H30N2O2. The lowest BCUT2D eigenvalue weighted by atomic mass is 10.1. The van der Waals surface area contributed by atoms with Gasteiger partial charge in [-0.2, -0.15) is 0 Å². The summed E-state index contributed by atoms with van der Waals surface area (Å²) in [5.41, 5.74) is 6.78. The second-order valence-electron chi connectivity index (χ2n) is 5.26. The first-order chi connectivity index (χ1) is 10.2. The fourth-order valence-electron chi connectivity index (χ4n) is 2.61. The lowest BCUT2D eigenvalue weighted by molar-refractivity contribution is 0.122. The lowest BCUT2D eigenvalue weighted by Crippen LogP contribution is -2.39. The molecule has 1 aromatic rings. The van der Waals surface area contributed by atoms with Crippen molar-refractivity contribution in [1.82, 2.24) is 4.90 Å². The first kappa shape index (κ1) is 18.0. The molecule has 0 amide bonds. The Bertz CT molecular complexity index is 364. The number of ether oxygens (including phenoxy) is 1. The van der Waals surface area contributed by atoms with Crippen LogP contribution in [0.1, 0.15) is 32.3 Å². The Balaban J connectivity index is 2.42. The monoisotopic (exact) mass is 294 g/mol. The van der Waals surface area contributed by atoms with Crippen molar-refractivity contribution >= 4 is 0 Å². The highest BCUT2D eigenvalue weighted by atomic mass is 16.5. The number of nitrogens with zero attached hydrogens (tertiary/aromatic N) is 1. The molecule has 1 aromatic carbocycles. The van der Waals surface area contributed by atoms with E-state index < -0.39 is 0 Å². The Kier molecular flexibility index (Phi) is 9.06. The van der Waals surface area contributed by atoms with Gasteiger partial charge >= 0.3 is 0 Å². The van der Waals surface area contributed by atoms with E-state index in [-0.39, 0.29) is 6.61 Å². The van der Waals surface area contributed by atoms with Crippen LogP contribution in [0.4, 0.5) is 0 Å². The molecule has 0 saturated carbocycles. The first-order valence-electron chi connectivity index (χ1n) is 8.01. The molecule has 120 valence electrons. The molecule has 0 atom stereocenters. The number of aliphatic hydroxyl groups excluding tert-OH is 1. The maximum Gasteiger partial charge on any atom is 0.119 e. The predicted molar refractivity (Wildman–Crippen MR) is 87.7 cm³/mol. The van der Waals surface area contributed by atoms with Crippen molar-refractivity contribution in [3.63, 3.8) is 0 Å². The van der Waals surface area contributed by atoms with Crippen molar-refractivity contribution < 1.29 is 9.84 Å². The second kappa shape index (κ2) is 10.6. The quantitative estimate of drug-likeness (QED) is 0.656. The normalized spacial score (nSPS) is 11.3. The summed E-state index contributed by atoms with van der Waals surface area (Å²) in [5.74, 6) is 0.893. The van der Waals surface area contributed by atoms with E-state index in [1.807, 2.05) is 12.1 Å². The summed E-state index contributed by atoms with van der Waals surface area (Å²) in [6.07, 6.45) is 3.10. The van der Waals surface area contributed by atoms with Crippen molar-refractivity contribution in [3.8, 4) is 5.75 Å². The Labute approximate surface area is 128 Å². The van der Waals surface area contributed by atoms with Gasteiger partial charge in [-0.25, -0.2) is 0 Å². The van der Waals surface area contributed by atoms with Gasteiger partial charge in [0.25, 0.3) is 0 Å². The van der Waals surface area contributed by atoms with E-state index in [9.17, 15) is 5.11 Å². The summed E-state index contributed by atoms with van der Waals surface area (Å²) in [6.45, 7) is 7.45. The maximum atomic E-state index is 9.18. The third-order valence-electron chi connectivity index (χ3n) is 3.85. The van der Waals surface area contributed by atoms with Gasteiger partial charge in [-0.1, -0.05) is 26.0 Å². The van der Waals surface area contributed by atoms with E-state index >= 15 is 0 Å². The SMILES string of the molecule is CCC(CC)N(CCO)CCOc1ccc(CCN)cc1. The fourth-order valence-corrected chi connectivity index (χ4v) is 2.61. The summed E-state index contributed by atoms with van der Waals surface area (Å²) in [6, 6.07) is 8.65. The van der Waals surface area contributed by atoms with Crippen molar-refractivity contribution in [1.29, 1.82) is 0 Å².